The number of hydrogen-bond donors (Lipinski definition) is 1. The van der Waals surface area contributed by atoms with Gasteiger partial charge >= 0.3 is 0 Å². The maximum Gasteiger partial charge on any atom is 0.300 e. The Balaban J connectivity index is 1.90. The molecule has 1 aliphatic heterocycles. The molecule has 1 amide bonds. The van der Waals surface area contributed by atoms with Crippen molar-refractivity contribution in [2.24, 2.45) is 0 Å². The minimum absolute atomic E-state index is 0.00147. The number of nitrogens with zero attached hydrogens (tertiary/aromatic N) is 4. The monoisotopic (exact) mass is 400 g/mol. The largest absolute Gasteiger partial charge is 0.507 e. The Bertz CT molecular complexity index is 1110. The molecule has 150 valence electrons. The first kappa shape index (κ1) is 19.3. The Kier molecular flexibility index (Phi) is 5.02. The summed E-state index contributed by atoms with van der Waals surface area (Å²) >= 11 is 0. The Morgan fingerprint density at radius 1 is 0.967 bits per heavy atom. The summed E-state index contributed by atoms with van der Waals surface area (Å²) in [6, 6.07) is 14.9. The first-order valence-electron chi connectivity index (χ1n) is 9.38. The van der Waals surface area contributed by atoms with Crippen LogP contribution in [-0.2, 0) is 9.59 Å². The summed E-state index contributed by atoms with van der Waals surface area (Å²) < 4.78 is 0. The van der Waals surface area contributed by atoms with Gasteiger partial charge in [-0.25, -0.2) is 0 Å². The first-order valence-corrected chi connectivity index (χ1v) is 9.38. The molecular formula is C23H20N4O3. The van der Waals surface area contributed by atoms with Gasteiger partial charge in [-0.1, -0.05) is 6.07 Å². The van der Waals surface area contributed by atoms with Crippen molar-refractivity contribution in [1.82, 2.24) is 9.97 Å². The van der Waals surface area contributed by atoms with E-state index in [4.69, 9.17) is 0 Å². The van der Waals surface area contributed by atoms with Gasteiger partial charge in [0.25, 0.3) is 11.7 Å². The van der Waals surface area contributed by atoms with Crippen molar-refractivity contribution in [3.05, 3.63) is 90.0 Å². The zero-order valence-corrected chi connectivity index (χ0v) is 16.6. The molecule has 1 aromatic carbocycles. The van der Waals surface area contributed by atoms with Crippen LogP contribution in [0.15, 0.2) is 78.8 Å². The van der Waals surface area contributed by atoms with Crippen LogP contribution in [0.25, 0.3) is 5.76 Å². The lowest BCUT2D eigenvalue weighted by molar-refractivity contribution is -0.132. The third-order valence-corrected chi connectivity index (χ3v) is 5.01. The zero-order chi connectivity index (χ0) is 21.3. The molecular weight excluding hydrogens is 380 g/mol. The van der Waals surface area contributed by atoms with Crippen LogP contribution in [-0.4, -0.2) is 40.9 Å². The molecule has 1 unspecified atom stereocenters. The topological polar surface area (TPSA) is 86.6 Å². The highest BCUT2D eigenvalue weighted by Crippen LogP contribution is 2.41. The highest BCUT2D eigenvalue weighted by atomic mass is 16.3. The van der Waals surface area contributed by atoms with Gasteiger partial charge in [0.1, 0.15) is 11.8 Å². The van der Waals surface area contributed by atoms with Crippen LogP contribution in [0.2, 0.25) is 0 Å². The van der Waals surface area contributed by atoms with Gasteiger partial charge in [-0.15, -0.1) is 0 Å². The second kappa shape index (κ2) is 7.79. The summed E-state index contributed by atoms with van der Waals surface area (Å²) in [5.41, 5.74) is 2.41. The van der Waals surface area contributed by atoms with Crippen LogP contribution in [0.4, 0.5) is 11.4 Å². The van der Waals surface area contributed by atoms with E-state index < -0.39 is 17.7 Å². The number of hydrogen-bond acceptors (Lipinski definition) is 6. The molecule has 30 heavy (non-hydrogen) atoms. The summed E-state index contributed by atoms with van der Waals surface area (Å²) in [6.45, 7) is 0. The van der Waals surface area contributed by atoms with Crippen molar-refractivity contribution in [3.8, 4) is 0 Å². The van der Waals surface area contributed by atoms with Crippen molar-refractivity contribution in [2.45, 2.75) is 6.04 Å². The average Bonchev–Trinajstić information content (AvgIpc) is 3.05. The van der Waals surface area contributed by atoms with Crippen LogP contribution >= 0.6 is 0 Å². The standard InChI is InChI=1S/C23H20N4O3/c1-26(2)16-6-8-17(9-7-16)27-20(18-5-3-4-12-25-18)19(22(29)23(27)30)21(28)15-10-13-24-14-11-15/h3-14,20,28H,1-2H3/b21-19-. The van der Waals surface area contributed by atoms with Gasteiger partial charge in [-0.3, -0.25) is 24.5 Å². The molecule has 4 rings (SSSR count). The number of amides is 1. The summed E-state index contributed by atoms with van der Waals surface area (Å²) in [4.78, 5) is 37.7. The molecule has 1 fully saturated rings. The number of carbonyl (C=O) groups excluding carboxylic acids is 2. The van der Waals surface area contributed by atoms with E-state index in [0.717, 1.165) is 5.69 Å². The summed E-state index contributed by atoms with van der Waals surface area (Å²) in [5.74, 6) is -1.71. The molecule has 1 saturated heterocycles. The van der Waals surface area contributed by atoms with Crippen molar-refractivity contribution < 1.29 is 14.7 Å². The molecule has 0 bridgehead atoms. The van der Waals surface area contributed by atoms with Crippen LogP contribution in [0, 0.1) is 0 Å². The predicted octanol–water partition coefficient (Wildman–Crippen LogP) is 3.17. The quantitative estimate of drug-likeness (QED) is 0.411. The van der Waals surface area contributed by atoms with Gasteiger partial charge in [-0.2, -0.15) is 0 Å². The predicted molar refractivity (Wildman–Crippen MR) is 114 cm³/mol. The number of anilines is 2. The summed E-state index contributed by atoms with van der Waals surface area (Å²) in [5, 5.41) is 10.9. The molecule has 0 spiro atoms. The van der Waals surface area contributed by atoms with Gasteiger partial charge in [0, 0.05) is 49.6 Å². The lowest BCUT2D eigenvalue weighted by Crippen LogP contribution is -2.29. The molecule has 2 aromatic heterocycles. The molecule has 0 radical (unpaired) electrons. The molecule has 1 aliphatic rings. The SMILES string of the molecule is CN(C)c1ccc(N2C(=O)C(=O)/C(=C(\O)c3ccncc3)C2c2ccccn2)cc1. The van der Waals surface area contributed by atoms with E-state index in [0.29, 0.717) is 16.9 Å². The van der Waals surface area contributed by atoms with Gasteiger partial charge in [0.2, 0.25) is 0 Å². The number of rotatable bonds is 4. The van der Waals surface area contributed by atoms with Crippen molar-refractivity contribution >= 4 is 28.8 Å². The number of Topliss-reactive ketones (excluding diaryl/α,β-unsaturated/α-hetero) is 1. The fraction of sp³-hybridized carbons (Fsp3) is 0.130. The Labute approximate surface area is 173 Å². The minimum Gasteiger partial charge on any atom is -0.507 e. The molecule has 1 atom stereocenters. The second-order valence-electron chi connectivity index (χ2n) is 7.07. The number of aliphatic hydroxyl groups excluding tert-OH is 1. The molecule has 3 aromatic rings. The number of aromatic nitrogens is 2. The lowest BCUT2D eigenvalue weighted by atomic mass is 9.98. The fourth-order valence-corrected chi connectivity index (χ4v) is 3.49. The summed E-state index contributed by atoms with van der Waals surface area (Å²) in [7, 11) is 3.84. The second-order valence-corrected chi connectivity index (χ2v) is 7.07. The molecule has 0 saturated carbocycles. The average molecular weight is 400 g/mol. The third kappa shape index (κ3) is 3.30. The highest BCUT2D eigenvalue weighted by molar-refractivity contribution is 6.51. The molecule has 7 nitrogen and oxygen atoms in total. The van der Waals surface area contributed by atoms with Crippen LogP contribution in [0.5, 0.6) is 0 Å². The van der Waals surface area contributed by atoms with Crippen LogP contribution < -0.4 is 9.80 Å². The maximum absolute atomic E-state index is 13.0. The lowest BCUT2D eigenvalue weighted by Gasteiger charge is -2.25. The van der Waals surface area contributed by atoms with Crippen molar-refractivity contribution in [3.63, 3.8) is 0 Å². The van der Waals surface area contributed by atoms with Gasteiger partial charge in [0.15, 0.2) is 0 Å². The number of ketones is 1. The van der Waals surface area contributed by atoms with Crippen LogP contribution in [0.3, 0.4) is 0 Å². The molecule has 1 N–H and O–H groups in total. The Morgan fingerprint density at radius 2 is 1.67 bits per heavy atom. The normalized spacial score (nSPS) is 17.9. The van der Waals surface area contributed by atoms with E-state index in [2.05, 4.69) is 9.97 Å². The van der Waals surface area contributed by atoms with E-state index in [9.17, 15) is 14.7 Å². The smallest absolute Gasteiger partial charge is 0.300 e. The fourth-order valence-electron chi connectivity index (χ4n) is 3.49. The van der Waals surface area contributed by atoms with Gasteiger partial charge < -0.3 is 10.0 Å². The van der Waals surface area contributed by atoms with Gasteiger partial charge in [0.05, 0.1) is 11.3 Å². The number of aliphatic hydroxyl groups is 1. The maximum atomic E-state index is 13.0. The van der Waals surface area contributed by atoms with E-state index in [1.54, 1.807) is 48.7 Å². The Hall–Kier alpha value is -4.00. The van der Waals surface area contributed by atoms with E-state index in [1.807, 2.05) is 31.1 Å². The van der Waals surface area contributed by atoms with Crippen molar-refractivity contribution in [2.75, 3.05) is 23.9 Å². The van der Waals surface area contributed by atoms with E-state index in [-0.39, 0.29) is 11.3 Å². The van der Waals surface area contributed by atoms with E-state index >= 15 is 0 Å². The molecule has 3 heterocycles. The first-order chi connectivity index (χ1) is 14.5. The van der Waals surface area contributed by atoms with Crippen molar-refractivity contribution in [1.29, 1.82) is 0 Å². The minimum atomic E-state index is -0.843. The number of pyridine rings is 2. The van der Waals surface area contributed by atoms with Crippen LogP contribution in [0.1, 0.15) is 17.3 Å². The highest BCUT2D eigenvalue weighted by Gasteiger charge is 2.47. The number of benzene rings is 1. The summed E-state index contributed by atoms with van der Waals surface area (Å²) in [6.07, 6.45) is 4.62. The zero-order valence-electron chi connectivity index (χ0n) is 16.6. The van der Waals surface area contributed by atoms with E-state index in [1.165, 1.54) is 17.3 Å². The molecule has 0 aliphatic carbocycles. The Morgan fingerprint density at radius 3 is 2.27 bits per heavy atom. The van der Waals surface area contributed by atoms with Gasteiger partial charge in [-0.05, 0) is 48.5 Å². The molecule has 7 heteroatoms. The third-order valence-electron chi connectivity index (χ3n) is 5.01. The number of carbonyl (C=O) groups is 2.